The molecule has 106 valence electrons. The Hall–Kier alpha value is -1.51. The van der Waals surface area contributed by atoms with Gasteiger partial charge in [-0.15, -0.1) is 0 Å². The van der Waals surface area contributed by atoms with Crippen molar-refractivity contribution in [1.82, 2.24) is 0 Å². The quantitative estimate of drug-likeness (QED) is 0.500. The molecule has 0 aliphatic rings. The Morgan fingerprint density at radius 1 is 1.16 bits per heavy atom. The van der Waals surface area contributed by atoms with E-state index in [1.165, 1.54) is 6.92 Å². The molecule has 0 unspecified atom stereocenters. The van der Waals surface area contributed by atoms with Crippen LogP contribution in [0.3, 0.4) is 0 Å². The molecule has 0 heterocycles. The van der Waals surface area contributed by atoms with Crippen LogP contribution in [-0.4, -0.2) is 18.7 Å². The highest BCUT2D eigenvalue weighted by atomic mass is 16.5. The highest BCUT2D eigenvalue weighted by molar-refractivity contribution is 5.66. The summed E-state index contributed by atoms with van der Waals surface area (Å²) in [6.45, 7) is 4.27. The normalized spacial score (nSPS) is 11.9. The van der Waals surface area contributed by atoms with Crippen LogP contribution in [0.25, 0.3) is 0 Å². The highest BCUT2D eigenvalue weighted by Crippen LogP contribution is 2.13. The minimum atomic E-state index is -0.190. The van der Waals surface area contributed by atoms with Crippen molar-refractivity contribution >= 4 is 5.97 Å². The van der Waals surface area contributed by atoms with Crippen LogP contribution in [0, 0.1) is 0 Å². The summed E-state index contributed by atoms with van der Waals surface area (Å²) >= 11 is 0. The van der Waals surface area contributed by atoms with E-state index in [0.29, 0.717) is 6.61 Å². The standard InChI is InChI=1S/C16H24O3/c1-3-4-9-16(19-14(2)17)12-8-13-18-15-10-6-5-7-11-15/h5-7,10-11,16H,3-4,8-9,12-13H2,1-2H3/t16-/m1/s1. The first-order valence-corrected chi connectivity index (χ1v) is 7.07. The molecule has 0 aliphatic heterocycles. The van der Waals surface area contributed by atoms with E-state index in [-0.39, 0.29) is 12.1 Å². The Morgan fingerprint density at radius 3 is 2.47 bits per heavy atom. The van der Waals surface area contributed by atoms with Crippen LogP contribution in [-0.2, 0) is 9.53 Å². The number of carbonyl (C=O) groups is 1. The van der Waals surface area contributed by atoms with E-state index in [9.17, 15) is 4.79 Å². The van der Waals surface area contributed by atoms with Gasteiger partial charge in [0.15, 0.2) is 0 Å². The fourth-order valence-electron chi connectivity index (χ4n) is 1.95. The van der Waals surface area contributed by atoms with Gasteiger partial charge in [0.25, 0.3) is 0 Å². The third-order valence-electron chi connectivity index (χ3n) is 2.89. The maximum absolute atomic E-state index is 11.0. The van der Waals surface area contributed by atoms with E-state index < -0.39 is 0 Å². The molecule has 3 heteroatoms. The van der Waals surface area contributed by atoms with Crippen molar-refractivity contribution in [2.45, 2.75) is 52.1 Å². The van der Waals surface area contributed by atoms with E-state index >= 15 is 0 Å². The maximum Gasteiger partial charge on any atom is 0.302 e. The lowest BCUT2D eigenvalue weighted by Crippen LogP contribution is -2.17. The lowest BCUT2D eigenvalue weighted by molar-refractivity contribution is -0.147. The van der Waals surface area contributed by atoms with E-state index in [1.807, 2.05) is 30.3 Å². The van der Waals surface area contributed by atoms with Gasteiger partial charge in [0.1, 0.15) is 11.9 Å². The molecule has 0 aliphatic carbocycles. The van der Waals surface area contributed by atoms with Crippen molar-refractivity contribution in [2.24, 2.45) is 0 Å². The summed E-state index contributed by atoms with van der Waals surface area (Å²) in [6, 6.07) is 9.77. The number of carbonyl (C=O) groups excluding carboxylic acids is 1. The summed E-state index contributed by atoms with van der Waals surface area (Å²) in [4.78, 5) is 11.0. The fourth-order valence-corrected chi connectivity index (χ4v) is 1.95. The summed E-state index contributed by atoms with van der Waals surface area (Å²) in [5.74, 6) is 0.699. The zero-order valence-corrected chi connectivity index (χ0v) is 11.9. The molecule has 0 radical (unpaired) electrons. The van der Waals surface area contributed by atoms with Crippen molar-refractivity contribution in [3.8, 4) is 5.75 Å². The Balaban J connectivity index is 2.21. The van der Waals surface area contributed by atoms with Crippen LogP contribution in [0.1, 0.15) is 46.0 Å². The van der Waals surface area contributed by atoms with Crippen LogP contribution >= 0.6 is 0 Å². The molecule has 0 saturated heterocycles. The Morgan fingerprint density at radius 2 is 1.84 bits per heavy atom. The van der Waals surface area contributed by atoms with Gasteiger partial charge in [0.05, 0.1) is 6.61 Å². The SMILES string of the molecule is CCCC[C@H](CCCOc1ccccc1)OC(C)=O. The summed E-state index contributed by atoms with van der Waals surface area (Å²) in [6.07, 6.45) is 4.97. The molecule has 1 aromatic rings. The zero-order valence-electron chi connectivity index (χ0n) is 11.9. The number of para-hydroxylation sites is 1. The second-order valence-electron chi connectivity index (χ2n) is 4.68. The van der Waals surface area contributed by atoms with E-state index in [0.717, 1.165) is 37.9 Å². The molecular formula is C16H24O3. The summed E-state index contributed by atoms with van der Waals surface area (Å²) in [7, 11) is 0. The van der Waals surface area contributed by atoms with Gasteiger partial charge in [-0.3, -0.25) is 4.79 Å². The zero-order chi connectivity index (χ0) is 13.9. The number of hydrogen-bond acceptors (Lipinski definition) is 3. The van der Waals surface area contributed by atoms with Crippen LogP contribution in [0.2, 0.25) is 0 Å². The molecule has 0 saturated carbocycles. The van der Waals surface area contributed by atoms with Crippen LogP contribution < -0.4 is 4.74 Å². The highest BCUT2D eigenvalue weighted by Gasteiger charge is 2.11. The largest absolute Gasteiger partial charge is 0.494 e. The van der Waals surface area contributed by atoms with Gasteiger partial charge >= 0.3 is 5.97 Å². The number of benzene rings is 1. The van der Waals surface area contributed by atoms with Crippen LogP contribution in [0.4, 0.5) is 0 Å². The molecule has 0 spiro atoms. The Bertz CT molecular complexity index is 348. The van der Waals surface area contributed by atoms with Crippen molar-refractivity contribution in [1.29, 1.82) is 0 Å². The first-order chi connectivity index (χ1) is 9.22. The van der Waals surface area contributed by atoms with Crippen molar-refractivity contribution in [2.75, 3.05) is 6.61 Å². The maximum atomic E-state index is 11.0. The van der Waals surface area contributed by atoms with Gasteiger partial charge in [0.2, 0.25) is 0 Å². The van der Waals surface area contributed by atoms with Gasteiger partial charge < -0.3 is 9.47 Å². The number of hydrogen-bond donors (Lipinski definition) is 0. The van der Waals surface area contributed by atoms with E-state index in [1.54, 1.807) is 0 Å². The molecule has 1 aromatic carbocycles. The second kappa shape index (κ2) is 9.42. The van der Waals surface area contributed by atoms with E-state index in [2.05, 4.69) is 6.92 Å². The predicted octanol–water partition coefficient (Wildman–Crippen LogP) is 3.97. The molecule has 0 bridgehead atoms. The number of rotatable bonds is 9. The average molecular weight is 264 g/mol. The van der Waals surface area contributed by atoms with Crippen LogP contribution in [0.15, 0.2) is 30.3 Å². The van der Waals surface area contributed by atoms with Gasteiger partial charge in [-0.2, -0.15) is 0 Å². The molecule has 19 heavy (non-hydrogen) atoms. The van der Waals surface area contributed by atoms with Gasteiger partial charge in [-0.1, -0.05) is 38.0 Å². The molecular weight excluding hydrogens is 240 g/mol. The average Bonchev–Trinajstić information content (AvgIpc) is 2.41. The van der Waals surface area contributed by atoms with Gasteiger partial charge in [-0.25, -0.2) is 0 Å². The molecule has 0 amide bonds. The Kier molecular flexibility index (Phi) is 7.71. The molecule has 0 fully saturated rings. The smallest absolute Gasteiger partial charge is 0.302 e. The van der Waals surface area contributed by atoms with Gasteiger partial charge in [0, 0.05) is 6.92 Å². The molecule has 0 aromatic heterocycles. The fraction of sp³-hybridized carbons (Fsp3) is 0.562. The second-order valence-corrected chi connectivity index (χ2v) is 4.68. The minimum Gasteiger partial charge on any atom is -0.494 e. The summed E-state index contributed by atoms with van der Waals surface area (Å²) < 4.78 is 10.9. The molecule has 1 rings (SSSR count). The Labute approximate surface area is 115 Å². The molecule has 0 N–H and O–H groups in total. The third kappa shape index (κ3) is 7.50. The predicted molar refractivity (Wildman–Crippen MR) is 76.3 cm³/mol. The number of unbranched alkanes of at least 4 members (excludes halogenated alkanes) is 1. The lowest BCUT2D eigenvalue weighted by atomic mass is 10.1. The van der Waals surface area contributed by atoms with Crippen LogP contribution in [0.5, 0.6) is 5.75 Å². The lowest BCUT2D eigenvalue weighted by Gasteiger charge is -2.16. The van der Waals surface area contributed by atoms with Crippen molar-refractivity contribution < 1.29 is 14.3 Å². The van der Waals surface area contributed by atoms with Crippen molar-refractivity contribution in [3.63, 3.8) is 0 Å². The first-order valence-electron chi connectivity index (χ1n) is 7.07. The third-order valence-corrected chi connectivity index (χ3v) is 2.89. The molecule has 1 atom stereocenters. The molecule has 3 nitrogen and oxygen atoms in total. The monoisotopic (exact) mass is 264 g/mol. The van der Waals surface area contributed by atoms with E-state index in [4.69, 9.17) is 9.47 Å². The van der Waals surface area contributed by atoms with Crippen molar-refractivity contribution in [3.05, 3.63) is 30.3 Å². The first kappa shape index (κ1) is 15.5. The topological polar surface area (TPSA) is 35.5 Å². The number of ether oxygens (including phenoxy) is 2. The van der Waals surface area contributed by atoms with Gasteiger partial charge in [-0.05, 0) is 31.4 Å². The minimum absolute atomic E-state index is 0.0387. The summed E-state index contributed by atoms with van der Waals surface area (Å²) in [5, 5.41) is 0. The summed E-state index contributed by atoms with van der Waals surface area (Å²) in [5.41, 5.74) is 0. The number of esters is 1.